The highest BCUT2D eigenvalue weighted by Gasteiger charge is 2.24. The predicted octanol–water partition coefficient (Wildman–Crippen LogP) is 3.12. The molecule has 3 nitrogen and oxygen atoms in total. The first-order chi connectivity index (χ1) is 9.33. The smallest absolute Gasteiger partial charge is 0.124 e. The molecule has 1 aliphatic rings. The van der Waals surface area contributed by atoms with Gasteiger partial charge in [0.15, 0.2) is 0 Å². The fraction of sp³-hybridized carbons (Fsp3) is 0.500. The second-order valence-electron chi connectivity index (χ2n) is 5.05. The van der Waals surface area contributed by atoms with Crippen LogP contribution in [0.4, 0.5) is 0 Å². The number of hydrogen-bond acceptors (Lipinski definition) is 5. The molecule has 0 saturated heterocycles. The van der Waals surface area contributed by atoms with E-state index in [0.717, 1.165) is 43.1 Å². The van der Waals surface area contributed by atoms with Gasteiger partial charge >= 0.3 is 0 Å². The topological polar surface area (TPSA) is 45.1 Å². The van der Waals surface area contributed by atoms with Crippen molar-refractivity contribution in [2.24, 2.45) is 5.92 Å². The van der Waals surface area contributed by atoms with Gasteiger partial charge in [-0.1, -0.05) is 6.42 Å². The second-order valence-corrected chi connectivity index (χ2v) is 6.68. The van der Waals surface area contributed by atoms with Crippen molar-refractivity contribution in [1.82, 2.24) is 10.3 Å². The van der Waals surface area contributed by atoms with E-state index in [1.165, 1.54) is 5.56 Å². The Balaban J connectivity index is 1.50. The number of nitrogens with one attached hydrogen (secondary N) is 1. The highest BCUT2D eigenvalue weighted by atomic mass is 32.1. The molecule has 3 rings (SSSR count). The maximum atomic E-state index is 9.76. The van der Waals surface area contributed by atoms with Gasteiger partial charge in [0.25, 0.3) is 0 Å². The van der Waals surface area contributed by atoms with Crippen molar-refractivity contribution in [3.63, 3.8) is 0 Å². The number of thiazole rings is 1. The summed E-state index contributed by atoms with van der Waals surface area (Å²) in [4.78, 5) is 4.64. The molecule has 0 spiro atoms. The summed E-state index contributed by atoms with van der Waals surface area (Å²) in [7, 11) is 0. The molecule has 1 fully saturated rings. The molecule has 102 valence electrons. The number of rotatable bonds is 5. The van der Waals surface area contributed by atoms with Crippen LogP contribution in [-0.2, 0) is 6.54 Å². The first kappa shape index (κ1) is 13.2. The third-order valence-electron chi connectivity index (χ3n) is 3.65. The lowest BCUT2D eigenvalue weighted by Crippen LogP contribution is -2.27. The van der Waals surface area contributed by atoms with Crippen LogP contribution in [0.2, 0.25) is 0 Å². The lowest BCUT2D eigenvalue weighted by Gasteiger charge is -2.14. The van der Waals surface area contributed by atoms with Crippen molar-refractivity contribution in [2.45, 2.75) is 31.9 Å². The number of aliphatic hydroxyl groups is 1. The summed E-state index contributed by atoms with van der Waals surface area (Å²) in [6.07, 6.45) is 3.16. The molecular formula is C14H18N2OS2. The van der Waals surface area contributed by atoms with E-state index < -0.39 is 0 Å². The van der Waals surface area contributed by atoms with Crippen LogP contribution in [-0.4, -0.2) is 22.7 Å². The van der Waals surface area contributed by atoms with Gasteiger partial charge in [0.2, 0.25) is 0 Å². The number of aliphatic hydroxyl groups excluding tert-OH is 1. The van der Waals surface area contributed by atoms with E-state index in [0.29, 0.717) is 5.92 Å². The van der Waals surface area contributed by atoms with E-state index in [2.05, 4.69) is 32.5 Å². The third kappa shape index (κ3) is 3.23. The van der Waals surface area contributed by atoms with Crippen LogP contribution in [0.1, 0.15) is 25.0 Å². The minimum Gasteiger partial charge on any atom is -0.393 e. The Bertz CT molecular complexity index is 509. The van der Waals surface area contributed by atoms with E-state index in [4.69, 9.17) is 0 Å². The molecule has 2 aromatic rings. The number of aromatic nitrogens is 1. The highest BCUT2D eigenvalue weighted by Crippen LogP contribution is 2.26. The Kier molecular flexibility index (Phi) is 4.28. The van der Waals surface area contributed by atoms with Gasteiger partial charge in [-0.3, -0.25) is 0 Å². The standard InChI is InChI=1S/C14H18N2OS2/c17-13-3-1-2-10(13)6-15-7-12-9-19-14(16-12)11-4-5-18-8-11/h4-5,8-10,13,15,17H,1-3,6-7H2. The molecule has 1 aliphatic carbocycles. The van der Waals surface area contributed by atoms with Gasteiger partial charge in [-0.2, -0.15) is 11.3 Å². The molecule has 5 heteroatoms. The molecule has 2 unspecified atom stereocenters. The van der Waals surface area contributed by atoms with Crippen molar-refractivity contribution in [3.05, 3.63) is 27.9 Å². The van der Waals surface area contributed by atoms with E-state index in [9.17, 15) is 5.11 Å². The maximum Gasteiger partial charge on any atom is 0.124 e. The number of thiophene rings is 1. The minimum atomic E-state index is -0.107. The molecule has 1 saturated carbocycles. The quantitative estimate of drug-likeness (QED) is 0.890. The van der Waals surface area contributed by atoms with Crippen LogP contribution in [0.25, 0.3) is 10.6 Å². The average molecular weight is 294 g/mol. The summed E-state index contributed by atoms with van der Waals surface area (Å²) in [5.74, 6) is 0.426. The molecule has 2 aromatic heterocycles. The first-order valence-electron chi connectivity index (χ1n) is 6.68. The van der Waals surface area contributed by atoms with Gasteiger partial charge in [-0.05, 0) is 30.2 Å². The van der Waals surface area contributed by atoms with Crippen LogP contribution in [0.3, 0.4) is 0 Å². The van der Waals surface area contributed by atoms with Gasteiger partial charge in [0, 0.05) is 29.4 Å². The first-order valence-corrected chi connectivity index (χ1v) is 8.51. The van der Waals surface area contributed by atoms with E-state index in [1.807, 2.05) is 0 Å². The molecule has 0 aliphatic heterocycles. The highest BCUT2D eigenvalue weighted by molar-refractivity contribution is 7.14. The summed E-state index contributed by atoms with van der Waals surface area (Å²) in [6.45, 7) is 1.69. The molecule has 19 heavy (non-hydrogen) atoms. The molecule has 0 amide bonds. The normalized spacial score (nSPS) is 23.0. The van der Waals surface area contributed by atoms with Crippen molar-refractivity contribution in [3.8, 4) is 10.6 Å². The van der Waals surface area contributed by atoms with Crippen LogP contribution in [0.15, 0.2) is 22.2 Å². The summed E-state index contributed by atoms with van der Waals surface area (Å²) in [5.41, 5.74) is 2.31. The Morgan fingerprint density at radius 2 is 2.32 bits per heavy atom. The van der Waals surface area contributed by atoms with Gasteiger partial charge in [-0.15, -0.1) is 11.3 Å². The zero-order chi connectivity index (χ0) is 13.1. The average Bonchev–Trinajstić information content (AvgIpc) is 3.11. The lowest BCUT2D eigenvalue weighted by atomic mass is 10.1. The summed E-state index contributed by atoms with van der Waals surface area (Å²) < 4.78 is 0. The van der Waals surface area contributed by atoms with Crippen LogP contribution < -0.4 is 5.32 Å². The van der Waals surface area contributed by atoms with Gasteiger partial charge < -0.3 is 10.4 Å². The molecule has 2 N–H and O–H groups in total. The van der Waals surface area contributed by atoms with E-state index >= 15 is 0 Å². The largest absolute Gasteiger partial charge is 0.393 e. The molecule has 0 aromatic carbocycles. The zero-order valence-electron chi connectivity index (χ0n) is 10.7. The monoisotopic (exact) mass is 294 g/mol. The van der Waals surface area contributed by atoms with Crippen LogP contribution in [0.5, 0.6) is 0 Å². The fourth-order valence-electron chi connectivity index (χ4n) is 2.55. The number of hydrogen-bond donors (Lipinski definition) is 2. The second kappa shape index (κ2) is 6.13. The summed E-state index contributed by atoms with van der Waals surface area (Å²) in [5, 5.41) is 20.6. The summed E-state index contributed by atoms with van der Waals surface area (Å²) >= 11 is 3.40. The van der Waals surface area contributed by atoms with Crippen LogP contribution >= 0.6 is 22.7 Å². The third-order valence-corrected chi connectivity index (χ3v) is 5.27. The van der Waals surface area contributed by atoms with E-state index in [-0.39, 0.29) is 6.10 Å². The van der Waals surface area contributed by atoms with Crippen molar-refractivity contribution in [2.75, 3.05) is 6.54 Å². The molecule has 0 radical (unpaired) electrons. The zero-order valence-corrected chi connectivity index (χ0v) is 12.3. The molecular weight excluding hydrogens is 276 g/mol. The Morgan fingerprint density at radius 1 is 1.37 bits per heavy atom. The molecule has 2 atom stereocenters. The minimum absolute atomic E-state index is 0.107. The Hall–Kier alpha value is -0.750. The van der Waals surface area contributed by atoms with Gasteiger partial charge in [0.1, 0.15) is 5.01 Å². The van der Waals surface area contributed by atoms with Crippen molar-refractivity contribution >= 4 is 22.7 Å². The van der Waals surface area contributed by atoms with Crippen LogP contribution in [0, 0.1) is 5.92 Å². The van der Waals surface area contributed by atoms with Gasteiger partial charge in [-0.25, -0.2) is 4.98 Å². The maximum absolute atomic E-state index is 9.76. The predicted molar refractivity (Wildman–Crippen MR) is 80.5 cm³/mol. The number of nitrogens with zero attached hydrogens (tertiary/aromatic N) is 1. The van der Waals surface area contributed by atoms with Crippen molar-refractivity contribution in [1.29, 1.82) is 0 Å². The van der Waals surface area contributed by atoms with Gasteiger partial charge in [0.05, 0.1) is 11.8 Å². The fourth-order valence-corrected chi connectivity index (χ4v) is 4.08. The SMILES string of the molecule is OC1CCCC1CNCc1csc(-c2ccsc2)n1. The molecule has 2 heterocycles. The Labute approximate surface area is 121 Å². The lowest BCUT2D eigenvalue weighted by molar-refractivity contribution is 0.131. The van der Waals surface area contributed by atoms with Crippen molar-refractivity contribution < 1.29 is 5.11 Å². The summed E-state index contributed by atoms with van der Waals surface area (Å²) in [6, 6.07) is 2.11. The Morgan fingerprint density at radius 3 is 3.05 bits per heavy atom. The van der Waals surface area contributed by atoms with E-state index in [1.54, 1.807) is 22.7 Å². The molecule has 0 bridgehead atoms.